The Morgan fingerprint density at radius 3 is 2.37 bits per heavy atom. The molecule has 1 aromatic heterocycles. The van der Waals surface area contributed by atoms with Crippen molar-refractivity contribution in [2.24, 2.45) is 0 Å². The first-order valence-electron chi connectivity index (χ1n) is 10.5. The highest BCUT2D eigenvalue weighted by molar-refractivity contribution is 8.18. The lowest BCUT2D eigenvalue weighted by Crippen LogP contribution is -2.27. The zero-order chi connectivity index (χ0) is 24.7. The second kappa shape index (κ2) is 9.70. The van der Waals surface area contributed by atoms with Crippen molar-refractivity contribution >= 4 is 74.7 Å². The molecule has 0 radical (unpaired) electrons. The molecule has 0 saturated carbocycles. The fourth-order valence-electron chi connectivity index (χ4n) is 3.97. The molecule has 3 aromatic carbocycles. The largest absolute Gasteiger partial charge is 0.342 e. The van der Waals surface area contributed by atoms with Gasteiger partial charge in [-0.3, -0.25) is 14.5 Å². The molecular formula is C26H16Cl3FN2O2S. The van der Waals surface area contributed by atoms with E-state index in [1.807, 2.05) is 35.0 Å². The molecule has 0 spiro atoms. The topological polar surface area (TPSA) is 42.3 Å². The molecule has 0 bridgehead atoms. The molecule has 5 rings (SSSR count). The number of benzene rings is 3. The first kappa shape index (κ1) is 23.9. The van der Waals surface area contributed by atoms with Gasteiger partial charge in [0.15, 0.2) is 0 Å². The smallest absolute Gasteiger partial charge is 0.293 e. The van der Waals surface area contributed by atoms with Crippen LogP contribution in [0.3, 0.4) is 0 Å². The molecule has 1 aliphatic rings. The number of carbonyl (C=O) groups is 2. The second-order valence-corrected chi connectivity index (χ2v) is 10.1. The summed E-state index contributed by atoms with van der Waals surface area (Å²) in [5, 5.41) is 1.81. The van der Waals surface area contributed by atoms with Crippen LogP contribution in [-0.2, 0) is 17.9 Å². The van der Waals surface area contributed by atoms with Gasteiger partial charge < -0.3 is 4.57 Å². The van der Waals surface area contributed by atoms with Crippen molar-refractivity contribution in [2.45, 2.75) is 13.1 Å². The molecule has 0 N–H and O–H groups in total. The predicted molar refractivity (Wildman–Crippen MR) is 140 cm³/mol. The summed E-state index contributed by atoms with van der Waals surface area (Å²) in [5.41, 5.74) is 3.01. The van der Waals surface area contributed by atoms with Crippen molar-refractivity contribution < 1.29 is 14.0 Å². The Balaban J connectivity index is 1.48. The zero-order valence-electron chi connectivity index (χ0n) is 18.0. The van der Waals surface area contributed by atoms with Gasteiger partial charge in [-0.1, -0.05) is 65.1 Å². The molecule has 4 aromatic rings. The lowest BCUT2D eigenvalue weighted by molar-refractivity contribution is -0.123. The average molecular weight is 546 g/mol. The first-order chi connectivity index (χ1) is 16.8. The summed E-state index contributed by atoms with van der Waals surface area (Å²) in [4.78, 5) is 27.1. The van der Waals surface area contributed by atoms with E-state index in [4.69, 9.17) is 34.8 Å². The van der Waals surface area contributed by atoms with Gasteiger partial charge in [-0.2, -0.15) is 0 Å². The van der Waals surface area contributed by atoms with Gasteiger partial charge in [0.05, 0.1) is 18.0 Å². The van der Waals surface area contributed by atoms with E-state index in [-0.39, 0.29) is 11.6 Å². The van der Waals surface area contributed by atoms with Crippen LogP contribution in [0.2, 0.25) is 15.1 Å². The molecule has 35 heavy (non-hydrogen) atoms. The van der Waals surface area contributed by atoms with E-state index in [0.717, 1.165) is 44.8 Å². The first-order valence-corrected chi connectivity index (χ1v) is 12.5. The minimum Gasteiger partial charge on any atom is -0.342 e. The standard InChI is InChI=1S/C26H16Cl3FN2O2S/c27-20-5-3-6-21(28)19(20)14-31-12-16(18-4-1-2-7-23(18)31)10-24-25(33)32(26(34)35-24)13-15-8-9-17(30)11-22(15)29/h1-12H,13-14H2/b24-10-. The highest BCUT2D eigenvalue weighted by atomic mass is 35.5. The van der Waals surface area contributed by atoms with Crippen LogP contribution in [0.15, 0.2) is 71.8 Å². The van der Waals surface area contributed by atoms with Crippen LogP contribution in [0.25, 0.3) is 17.0 Å². The van der Waals surface area contributed by atoms with Crippen molar-refractivity contribution in [1.29, 1.82) is 0 Å². The molecule has 1 aliphatic heterocycles. The van der Waals surface area contributed by atoms with Crippen molar-refractivity contribution in [3.63, 3.8) is 0 Å². The minimum absolute atomic E-state index is 0.0338. The molecule has 2 heterocycles. The quantitative estimate of drug-likeness (QED) is 0.238. The van der Waals surface area contributed by atoms with Gasteiger partial charge >= 0.3 is 0 Å². The van der Waals surface area contributed by atoms with Crippen LogP contribution < -0.4 is 0 Å². The third-order valence-corrected chi connectivity index (χ3v) is 7.68. The van der Waals surface area contributed by atoms with Crippen molar-refractivity contribution in [3.8, 4) is 0 Å². The van der Waals surface area contributed by atoms with E-state index in [0.29, 0.717) is 27.1 Å². The van der Waals surface area contributed by atoms with Crippen LogP contribution in [0.5, 0.6) is 0 Å². The highest BCUT2D eigenvalue weighted by Gasteiger charge is 2.35. The summed E-state index contributed by atoms with van der Waals surface area (Å²) in [6.45, 7) is 0.408. The molecule has 0 atom stereocenters. The number of nitrogens with zero attached hydrogens (tertiary/aromatic N) is 2. The van der Waals surface area contributed by atoms with E-state index in [1.54, 1.807) is 24.3 Å². The van der Waals surface area contributed by atoms with E-state index < -0.39 is 17.0 Å². The Morgan fingerprint density at radius 1 is 0.886 bits per heavy atom. The molecule has 176 valence electrons. The molecule has 2 amide bonds. The Kier molecular flexibility index (Phi) is 6.64. The Bertz CT molecular complexity index is 1510. The van der Waals surface area contributed by atoms with Crippen molar-refractivity contribution in [1.82, 2.24) is 9.47 Å². The maximum Gasteiger partial charge on any atom is 0.293 e. The summed E-state index contributed by atoms with van der Waals surface area (Å²) in [6, 6.07) is 17.0. The predicted octanol–water partition coefficient (Wildman–Crippen LogP) is 8.03. The summed E-state index contributed by atoms with van der Waals surface area (Å²) >= 11 is 19.7. The van der Waals surface area contributed by atoms with Gasteiger partial charge in [-0.15, -0.1) is 0 Å². The molecular weight excluding hydrogens is 530 g/mol. The van der Waals surface area contributed by atoms with E-state index in [1.165, 1.54) is 12.1 Å². The number of halogens is 4. The van der Waals surface area contributed by atoms with Gasteiger partial charge in [0.2, 0.25) is 0 Å². The number of hydrogen-bond acceptors (Lipinski definition) is 3. The maximum atomic E-state index is 13.4. The number of hydrogen-bond donors (Lipinski definition) is 0. The summed E-state index contributed by atoms with van der Waals surface area (Å²) in [7, 11) is 0. The van der Waals surface area contributed by atoms with Crippen LogP contribution >= 0.6 is 46.6 Å². The Labute approximate surface area is 219 Å². The van der Waals surface area contributed by atoms with Crippen LogP contribution in [0.4, 0.5) is 9.18 Å². The molecule has 1 fully saturated rings. The molecule has 1 saturated heterocycles. The SMILES string of the molecule is O=C1S/C(=C\c2cn(Cc3c(Cl)cccc3Cl)c3ccccc23)C(=O)N1Cc1ccc(F)cc1Cl. The average Bonchev–Trinajstić information content (AvgIpc) is 3.30. The second-order valence-electron chi connectivity index (χ2n) is 7.93. The van der Waals surface area contributed by atoms with Gasteiger partial charge in [0.1, 0.15) is 5.82 Å². The molecule has 0 unspecified atom stereocenters. The van der Waals surface area contributed by atoms with Gasteiger partial charge in [0.25, 0.3) is 11.1 Å². The van der Waals surface area contributed by atoms with Gasteiger partial charge in [0, 0.05) is 43.3 Å². The number of rotatable bonds is 5. The number of fused-ring (bicyclic) bond motifs is 1. The number of thioether (sulfide) groups is 1. The monoisotopic (exact) mass is 544 g/mol. The number of imide groups is 1. The number of para-hydroxylation sites is 1. The van der Waals surface area contributed by atoms with Gasteiger partial charge in [-0.25, -0.2) is 4.39 Å². The van der Waals surface area contributed by atoms with E-state index >= 15 is 0 Å². The normalized spacial score (nSPS) is 15.1. The minimum atomic E-state index is -0.484. The summed E-state index contributed by atoms with van der Waals surface area (Å²) in [6.07, 6.45) is 3.62. The van der Waals surface area contributed by atoms with E-state index in [2.05, 4.69) is 0 Å². The molecule has 4 nitrogen and oxygen atoms in total. The number of aromatic nitrogens is 1. The zero-order valence-corrected chi connectivity index (χ0v) is 21.1. The molecule has 9 heteroatoms. The number of amides is 2. The lowest BCUT2D eigenvalue weighted by Gasteiger charge is -2.13. The van der Waals surface area contributed by atoms with Crippen LogP contribution in [-0.4, -0.2) is 20.6 Å². The third kappa shape index (κ3) is 4.71. The van der Waals surface area contributed by atoms with Gasteiger partial charge in [-0.05, 0) is 53.7 Å². The summed E-state index contributed by atoms with van der Waals surface area (Å²) < 4.78 is 15.4. The Morgan fingerprint density at radius 2 is 1.63 bits per heavy atom. The van der Waals surface area contributed by atoms with Crippen LogP contribution in [0, 0.1) is 5.82 Å². The van der Waals surface area contributed by atoms with E-state index in [9.17, 15) is 14.0 Å². The molecule has 0 aliphatic carbocycles. The Hall–Kier alpha value is -2.77. The maximum absolute atomic E-state index is 13.4. The van der Waals surface area contributed by atoms with Crippen molar-refractivity contribution in [2.75, 3.05) is 0 Å². The third-order valence-electron chi connectivity index (χ3n) is 5.71. The fourth-order valence-corrected chi connectivity index (χ4v) is 5.55. The van der Waals surface area contributed by atoms with Crippen molar-refractivity contribution in [3.05, 3.63) is 109 Å². The fraction of sp³-hybridized carbons (Fsp3) is 0.0769. The summed E-state index contributed by atoms with van der Waals surface area (Å²) in [5.74, 6) is -0.909. The lowest BCUT2D eigenvalue weighted by atomic mass is 10.1. The highest BCUT2D eigenvalue weighted by Crippen LogP contribution is 2.36. The number of carbonyl (C=O) groups excluding carboxylic acids is 2. The van der Waals surface area contributed by atoms with Crippen LogP contribution in [0.1, 0.15) is 16.7 Å².